The van der Waals surface area contributed by atoms with Gasteiger partial charge in [-0.2, -0.15) is 0 Å². The molecule has 1 aliphatic heterocycles. The molecule has 1 atom stereocenters. The molecule has 0 aromatic rings. The molecule has 1 heterocycles. The number of aliphatic imine (C=N–C) groups is 1. The van der Waals surface area contributed by atoms with Crippen LogP contribution in [0.25, 0.3) is 0 Å². The van der Waals surface area contributed by atoms with Crippen molar-refractivity contribution in [3.63, 3.8) is 0 Å². The molecule has 1 saturated carbocycles. The van der Waals surface area contributed by atoms with Crippen LogP contribution in [0.2, 0.25) is 0 Å². The fourth-order valence-electron chi connectivity index (χ4n) is 2.93. The minimum absolute atomic E-state index is 0.332. The topological polar surface area (TPSA) is 24.4 Å². The summed E-state index contributed by atoms with van der Waals surface area (Å²) < 4.78 is 0. The minimum atomic E-state index is 0.332. The van der Waals surface area contributed by atoms with E-state index in [-0.39, 0.29) is 0 Å². The SMILES string of the molecule is CC1(CN=C2NC(C(C)(C)C)CCS2)CCCC1. The van der Waals surface area contributed by atoms with E-state index in [0.717, 1.165) is 6.54 Å². The van der Waals surface area contributed by atoms with Gasteiger partial charge in [-0.1, -0.05) is 52.3 Å². The molecule has 1 saturated heterocycles. The Morgan fingerprint density at radius 2 is 2.00 bits per heavy atom. The molecule has 0 amide bonds. The van der Waals surface area contributed by atoms with Crippen molar-refractivity contribution in [1.82, 2.24) is 5.32 Å². The van der Waals surface area contributed by atoms with Crippen LogP contribution in [-0.4, -0.2) is 23.5 Å². The molecule has 2 rings (SSSR count). The van der Waals surface area contributed by atoms with Crippen LogP contribution in [0, 0.1) is 10.8 Å². The fraction of sp³-hybridized carbons (Fsp3) is 0.933. The number of rotatable bonds is 2. The predicted octanol–water partition coefficient (Wildman–Crippen LogP) is 4.06. The highest BCUT2D eigenvalue weighted by molar-refractivity contribution is 8.13. The molecular weight excluding hydrogens is 240 g/mol. The van der Waals surface area contributed by atoms with Crippen molar-refractivity contribution in [3.05, 3.63) is 0 Å². The molecule has 0 radical (unpaired) electrons. The molecule has 18 heavy (non-hydrogen) atoms. The summed E-state index contributed by atoms with van der Waals surface area (Å²) in [5, 5.41) is 4.84. The zero-order valence-corrected chi connectivity index (χ0v) is 13.2. The largest absolute Gasteiger partial charge is 0.362 e. The van der Waals surface area contributed by atoms with Gasteiger partial charge < -0.3 is 5.32 Å². The summed E-state index contributed by atoms with van der Waals surface area (Å²) in [5.41, 5.74) is 0.808. The van der Waals surface area contributed by atoms with Crippen LogP contribution in [0.1, 0.15) is 59.8 Å². The molecule has 1 unspecified atom stereocenters. The van der Waals surface area contributed by atoms with E-state index in [1.54, 1.807) is 0 Å². The van der Waals surface area contributed by atoms with E-state index in [1.807, 2.05) is 11.8 Å². The summed E-state index contributed by atoms with van der Waals surface area (Å²) in [5.74, 6) is 1.21. The third-order valence-electron chi connectivity index (χ3n) is 4.40. The molecular formula is C15H28N2S. The van der Waals surface area contributed by atoms with Gasteiger partial charge in [0.25, 0.3) is 0 Å². The van der Waals surface area contributed by atoms with Gasteiger partial charge >= 0.3 is 0 Å². The highest BCUT2D eigenvalue weighted by Gasteiger charge is 2.30. The molecule has 0 spiro atoms. The van der Waals surface area contributed by atoms with Crippen molar-refractivity contribution in [2.45, 2.75) is 65.8 Å². The van der Waals surface area contributed by atoms with Gasteiger partial charge in [0.05, 0.1) is 0 Å². The second-order valence-corrected chi connectivity index (χ2v) is 8.42. The minimum Gasteiger partial charge on any atom is -0.362 e. The van der Waals surface area contributed by atoms with Gasteiger partial charge in [0.15, 0.2) is 5.17 Å². The van der Waals surface area contributed by atoms with Crippen molar-refractivity contribution >= 4 is 16.9 Å². The molecule has 0 aromatic heterocycles. The first kappa shape index (κ1) is 14.2. The summed E-state index contributed by atoms with van der Waals surface area (Å²) >= 11 is 1.90. The Morgan fingerprint density at radius 1 is 1.33 bits per heavy atom. The Bertz CT molecular complexity index is 311. The second kappa shape index (κ2) is 5.44. The lowest BCUT2D eigenvalue weighted by Crippen LogP contribution is -2.46. The average molecular weight is 268 g/mol. The molecule has 104 valence electrons. The first-order valence-electron chi connectivity index (χ1n) is 7.33. The molecule has 2 fully saturated rings. The van der Waals surface area contributed by atoms with E-state index >= 15 is 0 Å². The summed E-state index contributed by atoms with van der Waals surface area (Å²) in [4.78, 5) is 4.87. The molecule has 1 N–H and O–H groups in total. The Morgan fingerprint density at radius 3 is 2.61 bits per heavy atom. The second-order valence-electron chi connectivity index (χ2n) is 7.34. The van der Waals surface area contributed by atoms with Gasteiger partial charge in [-0.05, 0) is 30.1 Å². The first-order chi connectivity index (χ1) is 8.39. The Hall–Kier alpha value is -0.180. The maximum absolute atomic E-state index is 4.87. The smallest absolute Gasteiger partial charge is 0.156 e. The van der Waals surface area contributed by atoms with Crippen LogP contribution in [0.5, 0.6) is 0 Å². The van der Waals surface area contributed by atoms with Crippen molar-refractivity contribution in [2.75, 3.05) is 12.3 Å². The summed E-state index contributed by atoms with van der Waals surface area (Å²) in [6.07, 6.45) is 6.76. The van der Waals surface area contributed by atoms with Crippen molar-refractivity contribution < 1.29 is 0 Å². The van der Waals surface area contributed by atoms with Crippen LogP contribution in [0.4, 0.5) is 0 Å². The molecule has 3 heteroatoms. The van der Waals surface area contributed by atoms with Gasteiger partial charge in [-0.3, -0.25) is 4.99 Å². The number of nitrogens with one attached hydrogen (secondary N) is 1. The monoisotopic (exact) mass is 268 g/mol. The first-order valence-corrected chi connectivity index (χ1v) is 8.31. The third kappa shape index (κ3) is 3.66. The average Bonchev–Trinajstić information content (AvgIpc) is 2.74. The number of hydrogen-bond acceptors (Lipinski definition) is 2. The number of thioether (sulfide) groups is 1. The Kier molecular flexibility index (Phi) is 4.30. The predicted molar refractivity (Wildman–Crippen MR) is 82.3 cm³/mol. The third-order valence-corrected chi connectivity index (χ3v) is 5.36. The number of hydrogen-bond donors (Lipinski definition) is 1. The standard InChI is InChI=1S/C15H28N2S/c1-14(2,3)12-7-10-18-13(17-12)16-11-15(4)8-5-6-9-15/h12H,5-11H2,1-4H3,(H,16,17). The number of amidine groups is 1. The molecule has 1 aliphatic carbocycles. The van der Waals surface area contributed by atoms with Crippen molar-refractivity contribution in [3.8, 4) is 0 Å². The zero-order chi connectivity index (χ0) is 13.2. The van der Waals surface area contributed by atoms with Gasteiger partial charge in [0, 0.05) is 18.3 Å². The maximum atomic E-state index is 4.87. The lowest BCUT2D eigenvalue weighted by atomic mass is 9.85. The molecule has 2 nitrogen and oxygen atoms in total. The fourth-order valence-corrected chi connectivity index (χ4v) is 3.85. The molecule has 2 aliphatic rings. The lowest BCUT2D eigenvalue weighted by molar-refractivity contribution is 0.289. The summed E-state index contributed by atoms with van der Waals surface area (Å²) in [6, 6.07) is 0.578. The lowest BCUT2D eigenvalue weighted by Gasteiger charge is -2.36. The Labute approximate surface area is 116 Å². The molecule has 0 bridgehead atoms. The Balaban J connectivity index is 1.92. The van der Waals surface area contributed by atoms with E-state index in [9.17, 15) is 0 Å². The van der Waals surface area contributed by atoms with Crippen LogP contribution < -0.4 is 5.32 Å². The van der Waals surface area contributed by atoms with E-state index in [2.05, 4.69) is 33.0 Å². The van der Waals surface area contributed by atoms with E-state index < -0.39 is 0 Å². The number of nitrogens with zero attached hydrogens (tertiary/aromatic N) is 1. The van der Waals surface area contributed by atoms with Crippen LogP contribution >= 0.6 is 11.8 Å². The summed E-state index contributed by atoms with van der Waals surface area (Å²) in [6.45, 7) is 10.4. The highest BCUT2D eigenvalue weighted by atomic mass is 32.2. The van der Waals surface area contributed by atoms with Gasteiger partial charge in [0.2, 0.25) is 0 Å². The van der Waals surface area contributed by atoms with Crippen molar-refractivity contribution in [2.24, 2.45) is 15.8 Å². The molecule has 0 aromatic carbocycles. The highest BCUT2D eigenvalue weighted by Crippen LogP contribution is 2.38. The maximum Gasteiger partial charge on any atom is 0.156 e. The van der Waals surface area contributed by atoms with E-state index in [1.165, 1.54) is 43.0 Å². The van der Waals surface area contributed by atoms with E-state index in [4.69, 9.17) is 4.99 Å². The van der Waals surface area contributed by atoms with E-state index in [0.29, 0.717) is 16.9 Å². The van der Waals surface area contributed by atoms with Gasteiger partial charge in [-0.15, -0.1) is 0 Å². The van der Waals surface area contributed by atoms with Crippen LogP contribution in [-0.2, 0) is 0 Å². The van der Waals surface area contributed by atoms with Crippen LogP contribution in [0.15, 0.2) is 4.99 Å². The van der Waals surface area contributed by atoms with Gasteiger partial charge in [-0.25, -0.2) is 0 Å². The quantitative estimate of drug-likeness (QED) is 0.816. The zero-order valence-electron chi connectivity index (χ0n) is 12.4. The van der Waals surface area contributed by atoms with Gasteiger partial charge in [0.1, 0.15) is 0 Å². The summed E-state index contributed by atoms with van der Waals surface area (Å²) in [7, 11) is 0. The normalized spacial score (nSPS) is 30.4. The van der Waals surface area contributed by atoms with Crippen LogP contribution in [0.3, 0.4) is 0 Å². The van der Waals surface area contributed by atoms with Crippen molar-refractivity contribution in [1.29, 1.82) is 0 Å².